The number of amides is 1. The summed E-state index contributed by atoms with van der Waals surface area (Å²) < 4.78 is 10.2. The molecule has 0 bridgehead atoms. The number of ketones is 2. The van der Waals surface area contributed by atoms with Gasteiger partial charge in [-0.15, -0.1) is 0 Å². The Bertz CT molecular complexity index is 850. The summed E-state index contributed by atoms with van der Waals surface area (Å²) in [5.41, 5.74) is 0.303. The second-order valence-electron chi connectivity index (χ2n) is 9.07. The van der Waals surface area contributed by atoms with Crippen molar-refractivity contribution in [2.75, 3.05) is 20.3 Å². The Morgan fingerprint density at radius 1 is 1.17 bits per heavy atom. The van der Waals surface area contributed by atoms with Gasteiger partial charge in [0.2, 0.25) is 5.91 Å². The Balaban J connectivity index is 2.21. The zero-order valence-electron chi connectivity index (χ0n) is 18.6. The number of nitrogens with one attached hydrogen (secondary N) is 1. The third-order valence-corrected chi connectivity index (χ3v) is 5.07. The van der Waals surface area contributed by atoms with Crippen LogP contribution in [-0.4, -0.2) is 49.3 Å². The van der Waals surface area contributed by atoms with Gasteiger partial charge < -0.3 is 14.8 Å². The third-order valence-electron chi connectivity index (χ3n) is 5.07. The molecule has 7 heteroatoms. The van der Waals surface area contributed by atoms with E-state index in [0.717, 1.165) is 18.4 Å². The van der Waals surface area contributed by atoms with E-state index < -0.39 is 46.9 Å². The molecule has 0 fully saturated rings. The molecule has 1 amide bonds. The number of esters is 1. The largest absolute Gasteiger partial charge is 0.459 e. The molecule has 164 valence electrons. The van der Waals surface area contributed by atoms with Gasteiger partial charge >= 0.3 is 5.97 Å². The summed E-state index contributed by atoms with van der Waals surface area (Å²) in [6, 6.07) is 5.39. The van der Waals surface area contributed by atoms with Crippen molar-refractivity contribution in [1.82, 2.24) is 5.32 Å². The summed E-state index contributed by atoms with van der Waals surface area (Å²) in [6.07, 6.45) is 1.59. The van der Waals surface area contributed by atoms with Gasteiger partial charge in [-0.3, -0.25) is 19.2 Å². The molecule has 1 aromatic rings. The number of methoxy groups -OCH3 is 1. The quantitative estimate of drug-likeness (QED) is 0.415. The minimum atomic E-state index is -1.48. The van der Waals surface area contributed by atoms with Crippen LogP contribution in [0.5, 0.6) is 0 Å². The van der Waals surface area contributed by atoms with Gasteiger partial charge in [0, 0.05) is 19.3 Å². The highest BCUT2D eigenvalue weighted by molar-refractivity contribution is 6.28. The fraction of sp³-hybridized carbons (Fsp3) is 0.565. The number of rotatable bonds is 7. The van der Waals surface area contributed by atoms with Crippen LogP contribution in [0.15, 0.2) is 18.2 Å². The van der Waals surface area contributed by atoms with E-state index in [4.69, 9.17) is 9.47 Å². The molecule has 1 atom stereocenters. The second-order valence-corrected chi connectivity index (χ2v) is 9.07. The lowest BCUT2D eigenvalue weighted by Crippen LogP contribution is -2.51. The number of carbonyl (C=O) groups excluding carboxylic acids is 4. The molecule has 1 aromatic carbocycles. The van der Waals surface area contributed by atoms with E-state index >= 15 is 0 Å². The first-order valence-electron chi connectivity index (χ1n) is 10.1. The highest BCUT2D eigenvalue weighted by Gasteiger charge is 2.49. The Morgan fingerprint density at radius 2 is 1.83 bits per heavy atom. The standard InChI is InChI=1S/C23H31NO6/c1-22(2,3)30-17(25)13-24-21(28)18-19(26)15-10-9-14(8-7-11-29-6)12-16(15)23(4,5)20(18)27/h9-10,12,18H,7-8,11,13H2,1-6H3,(H,24,28). The molecule has 7 nitrogen and oxygen atoms in total. The SMILES string of the molecule is COCCCc1ccc2c(c1)C(C)(C)C(=O)C(C(=O)NCC(=O)OC(C)(C)C)C2=O. The van der Waals surface area contributed by atoms with Gasteiger partial charge in [0.25, 0.3) is 0 Å². The predicted molar refractivity (Wildman–Crippen MR) is 111 cm³/mol. The highest BCUT2D eigenvalue weighted by Crippen LogP contribution is 2.37. The maximum Gasteiger partial charge on any atom is 0.325 e. The van der Waals surface area contributed by atoms with Crippen LogP contribution >= 0.6 is 0 Å². The second kappa shape index (κ2) is 9.08. The van der Waals surface area contributed by atoms with E-state index in [9.17, 15) is 19.2 Å². The number of Topliss-reactive ketones (excluding diaryl/α,β-unsaturated/α-hetero) is 2. The number of aryl methyl sites for hydroxylation is 1. The van der Waals surface area contributed by atoms with Crippen molar-refractivity contribution in [3.05, 3.63) is 34.9 Å². The maximum atomic E-state index is 13.1. The average molecular weight is 418 g/mol. The summed E-state index contributed by atoms with van der Waals surface area (Å²) in [4.78, 5) is 50.6. The zero-order chi connectivity index (χ0) is 22.7. The Morgan fingerprint density at radius 3 is 2.43 bits per heavy atom. The van der Waals surface area contributed by atoms with Crippen molar-refractivity contribution in [3.63, 3.8) is 0 Å². The van der Waals surface area contributed by atoms with Crippen molar-refractivity contribution in [3.8, 4) is 0 Å². The molecule has 1 N–H and O–H groups in total. The average Bonchev–Trinajstić information content (AvgIpc) is 2.64. The minimum Gasteiger partial charge on any atom is -0.459 e. The van der Waals surface area contributed by atoms with Gasteiger partial charge in [-0.1, -0.05) is 18.2 Å². The van der Waals surface area contributed by atoms with Crippen molar-refractivity contribution >= 4 is 23.4 Å². The van der Waals surface area contributed by atoms with E-state index in [1.165, 1.54) is 0 Å². The van der Waals surface area contributed by atoms with Gasteiger partial charge in [-0.2, -0.15) is 0 Å². The fourth-order valence-corrected chi connectivity index (χ4v) is 3.54. The smallest absolute Gasteiger partial charge is 0.325 e. The molecule has 1 unspecified atom stereocenters. The summed E-state index contributed by atoms with van der Waals surface area (Å²) in [7, 11) is 1.64. The van der Waals surface area contributed by atoms with E-state index in [-0.39, 0.29) is 0 Å². The Kier molecular flexibility index (Phi) is 7.18. The molecule has 0 heterocycles. The van der Waals surface area contributed by atoms with Crippen LogP contribution in [0.4, 0.5) is 0 Å². The summed E-state index contributed by atoms with van der Waals surface area (Å²) in [6.45, 7) is 8.79. The van der Waals surface area contributed by atoms with E-state index in [1.807, 2.05) is 12.1 Å². The topological polar surface area (TPSA) is 98.8 Å². The molecule has 0 saturated heterocycles. The van der Waals surface area contributed by atoms with E-state index in [1.54, 1.807) is 47.8 Å². The normalized spacial score (nSPS) is 18.0. The van der Waals surface area contributed by atoms with Gasteiger partial charge in [0.15, 0.2) is 17.5 Å². The summed E-state index contributed by atoms with van der Waals surface area (Å²) in [5.74, 6) is -3.91. The van der Waals surface area contributed by atoms with Crippen LogP contribution in [0, 0.1) is 5.92 Å². The van der Waals surface area contributed by atoms with Crippen molar-refractivity contribution in [2.24, 2.45) is 5.92 Å². The van der Waals surface area contributed by atoms with Gasteiger partial charge in [0.1, 0.15) is 12.1 Å². The lowest BCUT2D eigenvalue weighted by Gasteiger charge is -2.34. The maximum absolute atomic E-state index is 13.1. The lowest BCUT2D eigenvalue weighted by atomic mass is 9.66. The first-order chi connectivity index (χ1) is 13.9. The number of ether oxygens (including phenoxy) is 2. The Labute approximate surface area is 177 Å². The van der Waals surface area contributed by atoms with Crippen molar-refractivity contribution in [1.29, 1.82) is 0 Å². The summed E-state index contributed by atoms with van der Waals surface area (Å²) >= 11 is 0. The number of benzene rings is 1. The number of hydrogen-bond donors (Lipinski definition) is 1. The minimum absolute atomic E-state index is 0.368. The van der Waals surface area contributed by atoms with Crippen LogP contribution < -0.4 is 5.32 Å². The van der Waals surface area contributed by atoms with Gasteiger partial charge in [-0.25, -0.2) is 0 Å². The predicted octanol–water partition coefficient (Wildman–Crippen LogP) is 2.38. The number of fused-ring (bicyclic) bond motifs is 1. The Hall–Kier alpha value is -2.54. The molecule has 0 saturated carbocycles. The first kappa shape index (κ1) is 23.7. The van der Waals surface area contributed by atoms with Crippen LogP contribution in [0.2, 0.25) is 0 Å². The molecule has 1 aliphatic carbocycles. The molecular formula is C23H31NO6. The molecule has 0 aliphatic heterocycles. The molecule has 1 aliphatic rings. The van der Waals surface area contributed by atoms with Crippen LogP contribution in [0.1, 0.15) is 62.5 Å². The summed E-state index contributed by atoms with van der Waals surface area (Å²) in [5, 5.41) is 2.38. The molecule has 0 radical (unpaired) electrons. The zero-order valence-corrected chi connectivity index (χ0v) is 18.6. The van der Waals surface area contributed by atoms with Crippen LogP contribution in [0.3, 0.4) is 0 Å². The van der Waals surface area contributed by atoms with Gasteiger partial charge in [0.05, 0.1) is 5.41 Å². The van der Waals surface area contributed by atoms with Crippen molar-refractivity contribution in [2.45, 2.75) is 58.5 Å². The van der Waals surface area contributed by atoms with Gasteiger partial charge in [-0.05, 0) is 58.6 Å². The fourth-order valence-electron chi connectivity index (χ4n) is 3.54. The third kappa shape index (κ3) is 5.33. The van der Waals surface area contributed by atoms with Crippen molar-refractivity contribution < 1.29 is 28.7 Å². The first-order valence-corrected chi connectivity index (χ1v) is 10.1. The van der Waals surface area contributed by atoms with E-state index in [2.05, 4.69) is 5.32 Å². The monoisotopic (exact) mass is 417 g/mol. The molecule has 0 spiro atoms. The van der Waals surface area contributed by atoms with E-state index in [0.29, 0.717) is 17.7 Å². The number of hydrogen-bond acceptors (Lipinski definition) is 6. The molecule has 0 aromatic heterocycles. The van der Waals surface area contributed by atoms with Crippen LogP contribution in [-0.2, 0) is 35.7 Å². The van der Waals surface area contributed by atoms with Crippen LogP contribution in [0.25, 0.3) is 0 Å². The molecular weight excluding hydrogens is 386 g/mol. The molecule has 2 rings (SSSR count). The molecule has 30 heavy (non-hydrogen) atoms. The number of carbonyl (C=O) groups is 4. The highest BCUT2D eigenvalue weighted by atomic mass is 16.6. The lowest BCUT2D eigenvalue weighted by molar-refractivity contribution is -0.155.